The molecule has 2 nitrogen and oxygen atoms in total. The number of allylic oxidation sites excluding steroid dienone is 1. The van der Waals surface area contributed by atoms with Gasteiger partial charge in [0.1, 0.15) is 11.0 Å². The van der Waals surface area contributed by atoms with E-state index in [2.05, 4.69) is 89.7 Å². The molecule has 0 bridgehead atoms. The fourth-order valence-corrected chi connectivity index (χ4v) is 10.9. The minimum absolute atomic E-state index is 0.410. The van der Waals surface area contributed by atoms with Crippen LogP contribution in [0.1, 0.15) is 54.9 Å². The van der Waals surface area contributed by atoms with Gasteiger partial charge in [-0.2, -0.15) is 0 Å². The Hall–Kier alpha value is -2.40. The lowest BCUT2D eigenvalue weighted by atomic mass is 10.1. The van der Waals surface area contributed by atoms with Crippen LogP contribution in [0.4, 0.5) is 0 Å². The van der Waals surface area contributed by atoms with Crippen LogP contribution in [0.25, 0.3) is 0 Å². The molecule has 0 saturated heterocycles. The zero-order chi connectivity index (χ0) is 26.4. The molecule has 4 heteroatoms. The molecule has 37 heavy (non-hydrogen) atoms. The van der Waals surface area contributed by atoms with Crippen LogP contribution in [0.2, 0.25) is 0 Å². The summed E-state index contributed by atoms with van der Waals surface area (Å²) in [6.07, 6.45) is 9.02. The van der Waals surface area contributed by atoms with Gasteiger partial charge in [0, 0.05) is 7.92 Å². The van der Waals surface area contributed by atoms with Gasteiger partial charge in [0.05, 0.1) is 12.5 Å². The maximum absolute atomic E-state index is 6.03. The summed E-state index contributed by atoms with van der Waals surface area (Å²) in [6, 6.07) is 22.4. The summed E-state index contributed by atoms with van der Waals surface area (Å²) < 4.78 is 12.1. The smallest absolute Gasteiger partial charge is 0.133 e. The molecule has 194 valence electrons. The van der Waals surface area contributed by atoms with Gasteiger partial charge in [-0.25, -0.2) is 0 Å². The molecule has 0 saturated carbocycles. The number of rotatable bonds is 12. The Morgan fingerprint density at radius 2 is 1.27 bits per heavy atom. The Morgan fingerprint density at radius 1 is 0.784 bits per heavy atom. The van der Waals surface area contributed by atoms with Crippen molar-refractivity contribution in [3.63, 3.8) is 0 Å². The first-order valence-electron chi connectivity index (χ1n) is 13.3. The van der Waals surface area contributed by atoms with Crippen LogP contribution in [-0.4, -0.2) is 11.8 Å². The van der Waals surface area contributed by atoms with Crippen LogP contribution in [0, 0.1) is 27.7 Å². The highest BCUT2D eigenvalue weighted by Crippen LogP contribution is 2.47. The number of hydrogen-bond acceptors (Lipinski definition) is 2. The lowest BCUT2D eigenvalue weighted by Gasteiger charge is -2.28. The fourth-order valence-electron chi connectivity index (χ4n) is 5.29. The molecule has 0 fully saturated rings. The van der Waals surface area contributed by atoms with E-state index in [0.717, 1.165) is 42.8 Å². The second-order valence-corrected chi connectivity index (χ2v) is 15.0. The molecule has 0 spiro atoms. The number of aryl methyl sites for hydroxylation is 4. The molecule has 2 heterocycles. The van der Waals surface area contributed by atoms with E-state index in [0.29, 0.717) is 5.66 Å². The van der Waals surface area contributed by atoms with E-state index in [4.69, 9.17) is 8.83 Å². The van der Waals surface area contributed by atoms with Gasteiger partial charge >= 0.3 is 0 Å². The lowest BCUT2D eigenvalue weighted by molar-refractivity contribution is 0.589. The van der Waals surface area contributed by atoms with E-state index in [1.165, 1.54) is 38.4 Å². The van der Waals surface area contributed by atoms with Crippen molar-refractivity contribution in [2.75, 3.05) is 6.16 Å². The Balaban J connectivity index is 1.72. The largest absolute Gasteiger partial charge is 0.464 e. The first-order valence-corrected chi connectivity index (χ1v) is 16.2. The average Bonchev–Trinajstić information content (AvgIpc) is 3.53. The van der Waals surface area contributed by atoms with Crippen LogP contribution in [-0.2, 0) is 0 Å². The van der Waals surface area contributed by atoms with Gasteiger partial charge in [-0.3, -0.25) is 0 Å². The third-order valence-electron chi connectivity index (χ3n) is 6.70. The highest BCUT2D eigenvalue weighted by Gasteiger charge is 2.31. The summed E-state index contributed by atoms with van der Waals surface area (Å²) in [5.41, 5.74) is 9.19. The molecule has 0 aliphatic heterocycles. The average molecular weight is 531 g/mol. The van der Waals surface area contributed by atoms with Crippen LogP contribution < -0.4 is 21.6 Å². The second kappa shape index (κ2) is 12.9. The molecule has 4 aromatic rings. The topological polar surface area (TPSA) is 26.3 Å². The Bertz CT molecular complexity index is 1160. The van der Waals surface area contributed by atoms with Crippen molar-refractivity contribution in [2.45, 2.75) is 66.0 Å². The number of benzene rings is 2. The molecule has 0 aliphatic rings. The van der Waals surface area contributed by atoms with Crippen molar-refractivity contribution in [3.05, 3.63) is 108 Å². The minimum Gasteiger partial charge on any atom is -0.464 e. The summed E-state index contributed by atoms with van der Waals surface area (Å²) in [5.74, 6) is 0. The highest BCUT2D eigenvalue weighted by atomic mass is 31.1. The van der Waals surface area contributed by atoms with E-state index in [9.17, 15) is 0 Å². The van der Waals surface area contributed by atoms with Crippen LogP contribution >= 0.6 is 15.8 Å². The standard InChI is InChI=1S/C33H40O2P2/c1-7-10-24(2)19-29(37(32-11-8-14-34-32)33-12-9-15-35-33)13-16-36(30-20-25(3)17-26(4)21-30)31-22-27(5)18-28(6)23-31/h8-9,11-12,14-15,17-18,20-23,29H,2,7,10,13,16,19H2,1,3-6H3/t29-/m0/s1. The summed E-state index contributed by atoms with van der Waals surface area (Å²) in [5, 5.41) is 2.95. The SMILES string of the molecule is C=C(CCC)C[C@H](CCP(c1cc(C)cc(C)c1)c1cc(C)cc(C)c1)P(c1ccco1)c1ccco1. The zero-order valence-corrected chi connectivity index (χ0v) is 24.7. The molecular formula is C33H40O2P2. The molecule has 2 aromatic carbocycles. The van der Waals surface area contributed by atoms with Crippen molar-refractivity contribution in [3.8, 4) is 0 Å². The molecule has 2 aromatic heterocycles. The van der Waals surface area contributed by atoms with Gasteiger partial charge in [-0.05, 0) is 102 Å². The monoisotopic (exact) mass is 530 g/mol. The molecule has 0 unspecified atom stereocenters. The van der Waals surface area contributed by atoms with Crippen molar-refractivity contribution >= 4 is 37.5 Å². The zero-order valence-electron chi connectivity index (χ0n) is 23.0. The lowest BCUT2D eigenvalue weighted by Crippen LogP contribution is -2.24. The molecule has 0 amide bonds. The molecule has 1 atom stereocenters. The van der Waals surface area contributed by atoms with Crippen molar-refractivity contribution in [1.82, 2.24) is 0 Å². The predicted octanol–water partition coefficient (Wildman–Crippen LogP) is 8.18. The fraction of sp³-hybridized carbons (Fsp3) is 0.333. The predicted molar refractivity (Wildman–Crippen MR) is 164 cm³/mol. The van der Waals surface area contributed by atoms with Crippen molar-refractivity contribution in [2.24, 2.45) is 0 Å². The molecule has 0 radical (unpaired) electrons. The summed E-state index contributed by atoms with van der Waals surface area (Å²) in [6.45, 7) is 15.6. The third kappa shape index (κ3) is 7.34. The Morgan fingerprint density at radius 3 is 1.68 bits per heavy atom. The third-order valence-corrected chi connectivity index (χ3v) is 11.8. The number of hydrogen-bond donors (Lipinski definition) is 0. The van der Waals surface area contributed by atoms with Gasteiger partial charge in [0.2, 0.25) is 0 Å². The van der Waals surface area contributed by atoms with Gasteiger partial charge in [-0.1, -0.05) is 84.1 Å². The summed E-state index contributed by atoms with van der Waals surface area (Å²) in [4.78, 5) is 0. The van der Waals surface area contributed by atoms with E-state index in [-0.39, 0.29) is 0 Å². The molecular weight excluding hydrogens is 490 g/mol. The van der Waals surface area contributed by atoms with Crippen molar-refractivity contribution in [1.29, 1.82) is 0 Å². The molecule has 0 aliphatic carbocycles. The maximum atomic E-state index is 6.03. The second-order valence-electron chi connectivity index (χ2n) is 10.3. The maximum Gasteiger partial charge on any atom is 0.133 e. The van der Waals surface area contributed by atoms with E-state index >= 15 is 0 Å². The van der Waals surface area contributed by atoms with Crippen LogP contribution in [0.3, 0.4) is 0 Å². The number of furan rings is 2. The van der Waals surface area contributed by atoms with Crippen LogP contribution in [0.5, 0.6) is 0 Å². The normalized spacial score (nSPS) is 12.4. The van der Waals surface area contributed by atoms with E-state index < -0.39 is 15.8 Å². The van der Waals surface area contributed by atoms with Gasteiger partial charge in [0.15, 0.2) is 0 Å². The Kier molecular flexibility index (Phi) is 9.64. The minimum atomic E-state index is -0.761. The summed E-state index contributed by atoms with van der Waals surface area (Å²) >= 11 is 0. The first kappa shape index (κ1) is 27.6. The van der Waals surface area contributed by atoms with Gasteiger partial charge in [-0.15, -0.1) is 0 Å². The van der Waals surface area contributed by atoms with Gasteiger partial charge in [0.25, 0.3) is 0 Å². The van der Waals surface area contributed by atoms with E-state index in [1.54, 1.807) is 12.5 Å². The Labute approximate surface area is 225 Å². The van der Waals surface area contributed by atoms with E-state index in [1.807, 2.05) is 12.1 Å². The molecule has 4 rings (SSSR count). The van der Waals surface area contributed by atoms with Crippen molar-refractivity contribution < 1.29 is 8.83 Å². The van der Waals surface area contributed by atoms with Gasteiger partial charge < -0.3 is 8.83 Å². The van der Waals surface area contributed by atoms with Crippen LogP contribution in [0.15, 0.2) is 94.2 Å². The summed E-state index contributed by atoms with van der Waals surface area (Å²) in [7, 11) is -1.26. The first-order chi connectivity index (χ1) is 17.8. The quantitative estimate of drug-likeness (QED) is 0.136. The molecule has 0 N–H and O–H groups in total. The highest BCUT2D eigenvalue weighted by molar-refractivity contribution is 7.74.